The van der Waals surface area contributed by atoms with Crippen molar-refractivity contribution in [1.82, 2.24) is 10.2 Å². The van der Waals surface area contributed by atoms with E-state index in [1.807, 2.05) is 11.8 Å². The second-order valence-electron chi connectivity index (χ2n) is 4.80. The summed E-state index contributed by atoms with van der Waals surface area (Å²) in [5.74, 6) is 0.0693. The highest BCUT2D eigenvalue weighted by Crippen LogP contribution is 2.25. The molecular weight excluding hydrogens is 308 g/mol. The van der Waals surface area contributed by atoms with Crippen LogP contribution in [0, 0.1) is 0 Å². The summed E-state index contributed by atoms with van der Waals surface area (Å²) in [5.41, 5.74) is 0.528. The zero-order chi connectivity index (χ0) is 13.8. The minimum Gasteiger partial charge on any atom is -0.507 e. The summed E-state index contributed by atoms with van der Waals surface area (Å²) in [5, 5.41) is 13.1. The standard InChI is InChI=1S/C14H19BrN2O2/c1-2-17(9-11-4-3-7-16-11)14(19)10-5-6-12(15)13(18)8-10/h5-6,8,11,16,18H,2-4,7,9H2,1H3. The van der Waals surface area contributed by atoms with Crippen molar-refractivity contribution in [2.24, 2.45) is 0 Å². The first-order valence-corrected chi connectivity index (χ1v) is 7.42. The fourth-order valence-corrected chi connectivity index (χ4v) is 2.61. The zero-order valence-corrected chi connectivity index (χ0v) is 12.6. The molecule has 1 amide bonds. The molecule has 0 saturated carbocycles. The van der Waals surface area contributed by atoms with E-state index in [4.69, 9.17) is 0 Å². The second-order valence-corrected chi connectivity index (χ2v) is 5.66. The van der Waals surface area contributed by atoms with Crippen molar-refractivity contribution in [3.05, 3.63) is 28.2 Å². The second kappa shape index (κ2) is 6.39. The molecule has 0 bridgehead atoms. The molecule has 1 aliphatic rings. The average Bonchev–Trinajstić information content (AvgIpc) is 2.91. The monoisotopic (exact) mass is 326 g/mol. The number of carbonyl (C=O) groups is 1. The van der Waals surface area contributed by atoms with E-state index in [0.29, 0.717) is 22.6 Å². The van der Waals surface area contributed by atoms with Crippen molar-refractivity contribution in [1.29, 1.82) is 0 Å². The van der Waals surface area contributed by atoms with Crippen molar-refractivity contribution < 1.29 is 9.90 Å². The van der Waals surface area contributed by atoms with Gasteiger partial charge in [0.05, 0.1) is 4.47 Å². The molecule has 1 unspecified atom stereocenters. The summed E-state index contributed by atoms with van der Waals surface area (Å²) < 4.78 is 0.601. The number of amides is 1. The molecule has 1 saturated heterocycles. The number of likely N-dealkylation sites (N-methyl/N-ethyl adjacent to an activating group) is 1. The lowest BCUT2D eigenvalue weighted by Crippen LogP contribution is -2.41. The SMILES string of the molecule is CCN(CC1CCCN1)C(=O)c1ccc(Br)c(O)c1. The molecule has 0 radical (unpaired) electrons. The van der Waals surface area contributed by atoms with Gasteiger partial charge >= 0.3 is 0 Å². The van der Waals surface area contributed by atoms with Crippen LogP contribution in [0.5, 0.6) is 5.75 Å². The third kappa shape index (κ3) is 3.48. The van der Waals surface area contributed by atoms with Crippen LogP contribution in [0.3, 0.4) is 0 Å². The predicted molar refractivity (Wildman–Crippen MR) is 78.4 cm³/mol. The summed E-state index contributed by atoms with van der Waals surface area (Å²) in [6, 6.07) is 5.34. The van der Waals surface area contributed by atoms with Gasteiger partial charge in [0.15, 0.2) is 0 Å². The maximum atomic E-state index is 12.4. The van der Waals surface area contributed by atoms with Crippen LogP contribution >= 0.6 is 15.9 Å². The molecule has 104 valence electrons. The number of phenols is 1. The van der Waals surface area contributed by atoms with Crippen LogP contribution in [-0.2, 0) is 0 Å². The fraction of sp³-hybridized carbons (Fsp3) is 0.500. The summed E-state index contributed by atoms with van der Waals surface area (Å²) >= 11 is 3.22. The summed E-state index contributed by atoms with van der Waals surface area (Å²) in [4.78, 5) is 14.2. The van der Waals surface area contributed by atoms with Crippen LogP contribution in [-0.4, -0.2) is 41.6 Å². The number of phenolic OH excluding ortho intramolecular Hbond substituents is 1. The van der Waals surface area contributed by atoms with Gasteiger partial charge in [-0.2, -0.15) is 0 Å². The van der Waals surface area contributed by atoms with Gasteiger partial charge < -0.3 is 15.3 Å². The molecule has 19 heavy (non-hydrogen) atoms. The summed E-state index contributed by atoms with van der Waals surface area (Å²) in [6.45, 7) is 4.42. The Morgan fingerprint density at radius 3 is 2.95 bits per heavy atom. The number of nitrogens with one attached hydrogen (secondary N) is 1. The van der Waals surface area contributed by atoms with Gasteiger partial charge in [0.25, 0.3) is 5.91 Å². The number of halogens is 1. The van der Waals surface area contributed by atoms with E-state index in [1.165, 1.54) is 12.5 Å². The van der Waals surface area contributed by atoms with E-state index in [-0.39, 0.29) is 11.7 Å². The van der Waals surface area contributed by atoms with Crippen LogP contribution in [0.15, 0.2) is 22.7 Å². The Hall–Kier alpha value is -1.07. The molecule has 2 rings (SSSR count). The number of nitrogens with zero attached hydrogens (tertiary/aromatic N) is 1. The lowest BCUT2D eigenvalue weighted by Gasteiger charge is -2.24. The van der Waals surface area contributed by atoms with E-state index in [1.54, 1.807) is 12.1 Å². The molecule has 0 aromatic heterocycles. The van der Waals surface area contributed by atoms with E-state index >= 15 is 0 Å². The molecule has 5 heteroatoms. The summed E-state index contributed by atoms with van der Waals surface area (Å²) in [6.07, 6.45) is 2.30. The third-order valence-corrected chi connectivity index (χ3v) is 4.14. The Balaban J connectivity index is 2.08. The van der Waals surface area contributed by atoms with Gasteiger partial charge in [-0.1, -0.05) is 0 Å². The molecule has 0 aliphatic carbocycles. The zero-order valence-electron chi connectivity index (χ0n) is 11.0. The molecular formula is C14H19BrN2O2. The van der Waals surface area contributed by atoms with Crippen molar-refractivity contribution in [2.45, 2.75) is 25.8 Å². The Bertz CT molecular complexity index is 459. The number of hydrogen-bond acceptors (Lipinski definition) is 3. The molecule has 4 nitrogen and oxygen atoms in total. The Morgan fingerprint density at radius 1 is 1.58 bits per heavy atom. The molecule has 1 fully saturated rings. The van der Waals surface area contributed by atoms with Crippen LogP contribution in [0.4, 0.5) is 0 Å². The van der Waals surface area contributed by atoms with Gasteiger partial charge in [-0.15, -0.1) is 0 Å². The molecule has 1 aliphatic heterocycles. The topological polar surface area (TPSA) is 52.6 Å². The normalized spacial score (nSPS) is 18.5. The highest BCUT2D eigenvalue weighted by Gasteiger charge is 2.21. The van der Waals surface area contributed by atoms with E-state index in [0.717, 1.165) is 19.5 Å². The van der Waals surface area contributed by atoms with Crippen molar-refractivity contribution in [3.8, 4) is 5.75 Å². The average molecular weight is 327 g/mol. The van der Waals surface area contributed by atoms with E-state index in [9.17, 15) is 9.90 Å². The van der Waals surface area contributed by atoms with E-state index < -0.39 is 0 Å². The van der Waals surface area contributed by atoms with Crippen molar-refractivity contribution >= 4 is 21.8 Å². The smallest absolute Gasteiger partial charge is 0.254 e. The number of hydrogen-bond donors (Lipinski definition) is 2. The highest BCUT2D eigenvalue weighted by molar-refractivity contribution is 9.10. The number of aromatic hydroxyl groups is 1. The maximum absolute atomic E-state index is 12.4. The number of rotatable bonds is 4. The van der Waals surface area contributed by atoms with Crippen LogP contribution in [0.2, 0.25) is 0 Å². The predicted octanol–water partition coefficient (Wildman–Crippen LogP) is 2.37. The van der Waals surface area contributed by atoms with Crippen molar-refractivity contribution in [3.63, 3.8) is 0 Å². The maximum Gasteiger partial charge on any atom is 0.254 e. The number of benzene rings is 1. The van der Waals surface area contributed by atoms with Crippen molar-refractivity contribution in [2.75, 3.05) is 19.6 Å². The minimum atomic E-state index is -0.0287. The number of carbonyl (C=O) groups excluding carboxylic acids is 1. The summed E-state index contributed by atoms with van der Waals surface area (Å²) in [7, 11) is 0. The Kier molecular flexibility index (Phi) is 4.82. The first-order chi connectivity index (χ1) is 9.11. The first-order valence-electron chi connectivity index (χ1n) is 6.63. The highest BCUT2D eigenvalue weighted by atomic mass is 79.9. The van der Waals surface area contributed by atoms with Gasteiger partial charge in [0.2, 0.25) is 0 Å². The molecule has 1 heterocycles. The lowest BCUT2D eigenvalue weighted by molar-refractivity contribution is 0.0751. The minimum absolute atomic E-state index is 0.0287. The molecule has 0 spiro atoms. The van der Waals surface area contributed by atoms with Gasteiger partial charge in [-0.05, 0) is 60.4 Å². The van der Waals surface area contributed by atoms with Gasteiger partial charge in [-0.3, -0.25) is 4.79 Å². The largest absolute Gasteiger partial charge is 0.507 e. The van der Waals surface area contributed by atoms with Gasteiger partial charge in [0.1, 0.15) is 5.75 Å². The molecule has 1 aromatic carbocycles. The molecule has 1 atom stereocenters. The van der Waals surface area contributed by atoms with Gasteiger partial charge in [0, 0.05) is 24.7 Å². The quantitative estimate of drug-likeness (QED) is 0.893. The van der Waals surface area contributed by atoms with E-state index in [2.05, 4.69) is 21.2 Å². The van der Waals surface area contributed by atoms with Crippen LogP contribution in [0.1, 0.15) is 30.1 Å². The first kappa shape index (κ1) is 14.3. The third-order valence-electron chi connectivity index (χ3n) is 3.47. The fourth-order valence-electron chi connectivity index (χ4n) is 2.36. The Morgan fingerprint density at radius 2 is 2.37 bits per heavy atom. The molecule has 1 aromatic rings. The molecule has 2 N–H and O–H groups in total. The Labute approximate surface area is 121 Å². The van der Waals surface area contributed by atoms with Crippen LogP contribution in [0.25, 0.3) is 0 Å². The lowest BCUT2D eigenvalue weighted by atomic mass is 10.1. The van der Waals surface area contributed by atoms with Gasteiger partial charge in [-0.25, -0.2) is 0 Å². The van der Waals surface area contributed by atoms with Crippen LogP contribution < -0.4 is 5.32 Å².